The van der Waals surface area contributed by atoms with Gasteiger partial charge in [-0.25, -0.2) is 4.39 Å². The molecule has 3 amide bonds. The van der Waals surface area contributed by atoms with E-state index in [4.69, 9.17) is 16.3 Å². The van der Waals surface area contributed by atoms with Crippen molar-refractivity contribution in [2.75, 3.05) is 31.1 Å². The zero-order valence-corrected chi connectivity index (χ0v) is 19.7. The van der Waals surface area contributed by atoms with Crippen molar-refractivity contribution in [2.45, 2.75) is 38.0 Å². The number of ether oxygens (including phenoxy) is 1. The molecule has 182 valence electrons. The second kappa shape index (κ2) is 8.49. The molecular formula is C25H24ClFN4O4. The number of carbonyl (C=O) groups is 3. The van der Waals surface area contributed by atoms with Crippen LogP contribution in [0.2, 0.25) is 5.02 Å². The lowest BCUT2D eigenvalue weighted by molar-refractivity contribution is -0.136. The van der Waals surface area contributed by atoms with E-state index >= 15 is 0 Å². The molecule has 0 bridgehead atoms. The smallest absolute Gasteiger partial charge is 0.255 e. The Balaban J connectivity index is 1.19. The van der Waals surface area contributed by atoms with Crippen LogP contribution in [-0.2, 0) is 22.7 Å². The fourth-order valence-electron chi connectivity index (χ4n) is 5.58. The molecule has 0 unspecified atom stereocenters. The van der Waals surface area contributed by atoms with Crippen molar-refractivity contribution in [3.8, 4) is 5.75 Å². The van der Waals surface area contributed by atoms with Crippen LogP contribution in [0.5, 0.6) is 5.75 Å². The van der Waals surface area contributed by atoms with Crippen LogP contribution in [0.4, 0.5) is 10.1 Å². The van der Waals surface area contributed by atoms with Crippen LogP contribution in [-0.4, -0.2) is 65.8 Å². The minimum absolute atomic E-state index is 0.136. The molecule has 35 heavy (non-hydrogen) atoms. The summed E-state index contributed by atoms with van der Waals surface area (Å²) >= 11 is 6.23. The van der Waals surface area contributed by atoms with Gasteiger partial charge < -0.3 is 14.5 Å². The quantitative estimate of drug-likeness (QED) is 0.654. The third-order valence-corrected chi connectivity index (χ3v) is 7.70. The maximum absolute atomic E-state index is 13.4. The van der Waals surface area contributed by atoms with E-state index in [-0.39, 0.29) is 36.6 Å². The van der Waals surface area contributed by atoms with E-state index in [2.05, 4.69) is 15.1 Å². The van der Waals surface area contributed by atoms with Crippen molar-refractivity contribution in [1.82, 2.24) is 15.1 Å². The molecule has 2 atom stereocenters. The van der Waals surface area contributed by atoms with Crippen molar-refractivity contribution in [3.05, 3.63) is 57.9 Å². The van der Waals surface area contributed by atoms with Crippen LogP contribution in [0.15, 0.2) is 30.3 Å². The number of hydrogen-bond donors (Lipinski definition) is 1. The van der Waals surface area contributed by atoms with E-state index in [1.165, 1.54) is 12.1 Å². The normalized spacial score (nSPS) is 24.0. The van der Waals surface area contributed by atoms with Gasteiger partial charge >= 0.3 is 0 Å². The van der Waals surface area contributed by atoms with Gasteiger partial charge in [0.05, 0.1) is 18.3 Å². The second-order valence-electron chi connectivity index (χ2n) is 9.47. The van der Waals surface area contributed by atoms with Gasteiger partial charge in [-0.15, -0.1) is 0 Å². The summed E-state index contributed by atoms with van der Waals surface area (Å²) in [5, 5.41) is 2.77. The van der Waals surface area contributed by atoms with Crippen LogP contribution >= 0.6 is 11.6 Å². The summed E-state index contributed by atoms with van der Waals surface area (Å²) in [5.74, 6) is -0.568. The standard InChI is InChI=1S/C25H24ClFN4O4/c26-19-9-15(27)2-1-14(19)10-29-7-8-30-16(11-29)13-35-23-18-12-31(21-5-6-22(32)28-24(21)33)25(34)17(18)3-4-20(23)30/h1-4,9,16,21H,5-8,10-13H2,(H,28,32,33)/t16-,21+/m1/s1. The number of amides is 3. The monoisotopic (exact) mass is 498 g/mol. The van der Waals surface area contributed by atoms with Crippen molar-refractivity contribution >= 4 is 35.0 Å². The molecule has 2 aromatic rings. The molecule has 4 heterocycles. The molecule has 0 radical (unpaired) electrons. The number of anilines is 1. The Labute approximate surface area is 206 Å². The van der Waals surface area contributed by atoms with Crippen molar-refractivity contribution < 1.29 is 23.5 Å². The molecule has 4 aliphatic heterocycles. The van der Waals surface area contributed by atoms with Crippen LogP contribution in [0.3, 0.4) is 0 Å². The first-order valence-electron chi connectivity index (χ1n) is 11.8. The molecular weight excluding hydrogens is 475 g/mol. The Morgan fingerprint density at radius 2 is 1.97 bits per heavy atom. The highest BCUT2D eigenvalue weighted by Gasteiger charge is 2.43. The topological polar surface area (TPSA) is 82.2 Å². The first-order valence-corrected chi connectivity index (χ1v) is 12.1. The number of halogens is 2. The van der Waals surface area contributed by atoms with E-state index in [0.717, 1.165) is 36.4 Å². The SMILES string of the molecule is O=C1CC[C@H](N2Cc3c(ccc4c3OC[C@H]3CN(Cc5ccc(F)cc5Cl)CCN43)C2=O)C(=O)N1. The number of imide groups is 1. The number of benzene rings is 2. The average molecular weight is 499 g/mol. The summed E-state index contributed by atoms with van der Waals surface area (Å²) < 4.78 is 19.6. The summed E-state index contributed by atoms with van der Waals surface area (Å²) in [4.78, 5) is 43.2. The molecule has 10 heteroatoms. The molecule has 2 aromatic carbocycles. The van der Waals surface area contributed by atoms with E-state index in [1.807, 2.05) is 12.1 Å². The number of nitrogens with zero attached hydrogens (tertiary/aromatic N) is 3. The maximum atomic E-state index is 13.4. The number of piperidine rings is 1. The van der Waals surface area contributed by atoms with Gasteiger partial charge in [0, 0.05) is 48.7 Å². The van der Waals surface area contributed by atoms with Gasteiger partial charge in [0.2, 0.25) is 11.8 Å². The molecule has 6 rings (SSSR count). The van der Waals surface area contributed by atoms with Gasteiger partial charge in [-0.05, 0) is 36.2 Å². The molecule has 8 nitrogen and oxygen atoms in total. The first-order chi connectivity index (χ1) is 16.9. The highest BCUT2D eigenvalue weighted by molar-refractivity contribution is 6.31. The molecule has 4 aliphatic rings. The van der Waals surface area contributed by atoms with E-state index in [9.17, 15) is 18.8 Å². The number of fused-ring (bicyclic) bond motifs is 5. The largest absolute Gasteiger partial charge is 0.489 e. The molecule has 0 aliphatic carbocycles. The Morgan fingerprint density at radius 1 is 1.11 bits per heavy atom. The first kappa shape index (κ1) is 22.3. The predicted octanol–water partition coefficient (Wildman–Crippen LogP) is 2.32. The maximum Gasteiger partial charge on any atom is 0.255 e. The highest BCUT2D eigenvalue weighted by Crippen LogP contribution is 2.43. The van der Waals surface area contributed by atoms with Gasteiger partial charge in [0.1, 0.15) is 24.2 Å². The molecule has 1 N–H and O–H groups in total. The van der Waals surface area contributed by atoms with Gasteiger partial charge in [0.25, 0.3) is 5.91 Å². The lowest BCUT2D eigenvalue weighted by atomic mass is 10.0. The number of hydrogen-bond acceptors (Lipinski definition) is 6. The Hall–Kier alpha value is -3.17. The van der Waals surface area contributed by atoms with Crippen LogP contribution in [0.1, 0.15) is 34.3 Å². The zero-order chi connectivity index (χ0) is 24.3. The number of carbonyl (C=O) groups excluding carboxylic acids is 3. The van der Waals surface area contributed by atoms with Crippen LogP contribution in [0.25, 0.3) is 0 Å². The fraction of sp³-hybridized carbons (Fsp3) is 0.400. The van der Waals surface area contributed by atoms with Crippen LogP contribution in [0, 0.1) is 5.82 Å². The van der Waals surface area contributed by atoms with Crippen molar-refractivity contribution in [2.24, 2.45) is 0 Å². The third-order valence-electron chi connectivity index (χ3n) is 7.35. The van der Waals surface area contributed by atoms with Gasteiger partial charge in [-0.3, -0.25) is 24.6 Å². The number of piperazine rings is 1. The minimum atomic E-state index is -0.651. The summed E-state index contributed by atoms with van der Waals surface area (Å²) in [5.41, 5.74) is 3.20. The third kappa shape index (κ3) is 3.83. The molecule has 0 saturated carbocycles. The summed E-state index contributed by atoms with van der Waals surface area (Å²) in [6.07, 6.45) is 0.551. The van der Waals surface area contributed by atoms with Gasteiger partial charge in [-0.2, -0.15) is 0 Å². The van der Waals surface area contributed by atoms with Gasteiger partial charge in [0.15, 0.2) is 0 Å². The minimum Gasteiger partial charge on any atom is -0.489 e. The van der Waals surface area contributed by atoms with Crippen molar-refractivity contribution in [3.63, 3.8) is 0 Å². The summed E-state index contributed by atoms with van der Waals surface area (Å²) in [6.45, 7) is 3.76. The number of rotatable bonds is 3. The number of nitrogens with one attached hydrogen (secondary N) is 1. The van der Waals surface area contributed by atoms with Crippen molar-refractivity contribution in [1.29, 1.82) is 0 Å². The second-order valence-corrected chi connectivity index (χ2v) is 9.88. The average Bonchev–Trinajstić information content (AvgIpc) is 3.17. The predicted molar refractivity (Wildman–Crippen MR) is 126 cm³/mol. The zero-order valence-electron chi connectivity index (χ0n) is 18.9. The van der Waals surface area contributed by atoms with Crippen LogP contribution < -0.4 is 15.0 Å². The Bertz CT molecular complexity index is 1250. The molecule has 2 fully saturated rings. The Kier molecular flexibility index (Phi) is 5.41. The fourth-order valence-corrected chi connectivity index (χ4v) is 5.81. The Morgan fingerprint density at radius 3 is 2.77 bits per heavy atom. The lowest BCUT2D eigenvalue weighted by Crippen LogP contribution is -2.57. The highest BCUT2D eigenvalue weighted by atomic mass is 35.5. The van der Waals surface area contributed by atoms with E-state index in [1.54, 1.807) is 11.0 Å². The van der Waals surface area contributed by atoms with Gasteiger partial charge in [-0.1, -0.05) is 17.7 Å². The summed E-state index contributed by atoms with van der Waals surface area (Å²) in [6, 6.07) is 7.73. The lowest BCUT2D eigenvalue weighted by Gasteiger charge is -2.46. The summed E-state index contributed by atoms with van der Waals surface area (Å²) in [7, 11) is 0. The molecule has 0 spiro atoms. The molecule has 0 aromatic heterocycles. The van der Waals surface area contributed by atoms with E-state index < -0.39 is 11.9 Å². The van der Waals surface area contributed by atoms with E-state index in [0.29, 0.717) is 35.9 Å². The molecule has 2 saturated heterocycles.